The van der Waals surface area contributed by atoms with Crippen molar-refractivity contribution in [2.75, 3.05) is 6.54 Å². The molecule has 3 heteroatoms. The molecule has 0 atom stereocenters. The lowest BCUT2D eigenvalue weighted by molar-refractivity contribution is -0.133. The summed E-state index contributed by atoms with van der Waals surface area (Å²) in [7, 11) is 0. The molecule has 98 valence electrons. The van der Waals surface area contributed by atoms with E-state index in [1.54, 1.807) is 0 Å². The topological polar surface area (TPSA) is 46.3 Å². The third-order valence-corrected chi connectivity index (χ3v) is 3.82. The molecule has 0 bridgehead atoms. The Morgan fingerprint density at radius 3 is 2.39 bits per heavy atom. The Kier molecular flexibility index (Phi) is 3.71. The molecule has 0 unspecified atom stereocenters. The van der Waals surface area contributed by atoms with Crippen LogP contribution in [0.2, 0.25) is 0 Å². The predicted molar refractivity (Wildman–Crippen MR) is 73.1 cm³/mol. The van der Waals surface area contributed by atoms with Crippen LogP contribution in [0.3, 0.4) is 0 Å². The molecule has 2 rings (SSSR count). The van der Waals surface area contributed by atoms with Gasteiger partial charge in [0.25, 0.3) is 0 Å². The van der Waals surface area contributed by atoms with Gasteiger partial charge in [-0.3, -0.25) is 4.79 Å². The van der Waals surface area contributed by atoms with Crippen molar-refractivity contribution in [3.8, 4) is 0 Å². The highest BCUT2D eigenvalue weighted by Gasteiger charge is 2.34. The number of carbonyl (C=O) groups excluding carboxylic acids is 1. The minimum absolute atomic E-state index is 0.0221. The van der Waals surface area contributed by atoms with Crippen LogP contribution >= 0.6 is 0 Å². The Morgan fingerprint density at radius 2 is 1.89 bits per heavy atom. The molecule has 18 heavy (non-hydrogen) atoms. The van der Waals surface area contributed by atoms with Crippen molar-refractivity contribution >= 4 is 5.91 Å². The van der Waals surface area contributed by atoms with Gasteiger partial charge in [-0.1, -0.05) is 24.3 Å². The van der Waals surface area contributed by atoms with Gasteiger partial charge in [0.05, 0.1) is 6.42 Å². The minimum atomic E-state index is 0.0221. The molecule has 1 aliphatic heterocycles. The molecule has 0 spiro atoms. The molecule has 0 saturated carbocycles. The number of amides is 1. The molecule has 3 nitrogen and oxygen atoms in total. The van der Waals surface area contributed by atoms with Crippen molar-refractivity contribution in [2.24, 2.45) is 5.73 Å². The van der Waals surface area contributed by atoms with Gasteiger partial charge in [0, 0.05) is 18.6 Å². The van der Waals surface area contributed by atoms with Gasteiger partial charge in [0.15, 0.2) is 0 Å². The van der Waals surface area contributed by atoms with Crippen LogP contribution in [0, 0.1) is 0 Å². The van der Waals surface area contributed by atoms with Crippen molar-refractivity contribution in [1.29, 1.82) is 0 Å². The quantitative estimate of drug-likeness (QED) is 0.887. The van der Waals surface area contributed by atoms with E-state index >= 15 is 0 Å². The summed E-state index contributed by atoms with van der Waals surface area (Å²) in [5.41, 5.74) is 7.76. The summed E-state index contributed by atoms with van der Waals surface area (Å²) in [6.45, 7) is 5.74. The summed E-state index contributed by atoms with van der Waals surface area (Å²) in [4.78, 5) is 14.3. The highest BCUT2D eigenvalue weighted by Crippen LogP contribution is 2.28. The minimum Gasteiger partial charge on any atom is -0.337 e. The predicted octanol–water partition coefficient (Wildman–Crippen LogP) is 2.09. The van der Waals surface area contributed by atoms with Gasteiger partial charge >= 0.3 is 0 Å². The van der Waals surface area contributed by atoms with Crippen molar-refractivity contribution < 1.29 is 4.79 Å². The monoisotopic (exact) mass is 246 g/mol. The maximum atomic E-state index is 12.3. The molecule has 1 aliphatic rings. The lowest BCUT2D eigenvalue weighted by Crippen LogP contribution is -2.43. The van der Waals surface area contributed by atoms with Crippen molar-refractivity contribution in [2.45, 2.75) is 45.2 Å². The lowest BCUT2D eigenvalue weighted by Gasteiger charge is -2.31. The van der Waals surface area contributed by atoms with E-state index in [-0.39, 0.29) is 11.4 Å². The zero-order valence-corrected chi connectivity index (χ0v) is 11.3. The molecule has 2 N–H and O–H groups in total. The van der Waals surface area contributed by atoms with E-state index in [4.69, 9.17) is 5.73 Å². The lowest BCUT2D eigenvalue weighted by atomic mass is 10.0. The molecular weight excluding hydrogens is 224 g/mol. The third kappa shape index (κ3) is 2.72. The molecular formula is C15H22N2O. The summed E-state index contributed by atoms with van der Waals surface area (Å²) in [6, 6.07) is 8.00. The van der Waals surface area contributed by atoms with E-state index in [0.717, 1.165) is 30.5 Å². The van der Waals surface area contributed by atoms with Gasteiger partial charge in [-0.2, -0.15) is 0 Å². The zero-order valence-electron chi connectivity index (χ0n) is 11.3. The fourth-order valence-corrected chi connectivity index (χ4v) is 2.63. The van der Waals surface area contributed by atoms with Gasteiger partial charge in [0.2, 0.25) is 5.91 Å². The van der Waals surface area contributed by atoms with E-state index < -0.39 is 0 Å². The van der Waals surface area contributed by atoms with Crippen molar-refractivity contribution in [3.63, 3.8) is 0 Å². The molecule has 0 radical (unpaired) electrons. The molecule has 1 amide bonds. The fourth-order valence-electron chi connectivity index (χ4n) is 2.63. The first-order valence-corrected chi connectivity index (χ1v) is 6.61. The highest BCUT2D eigenvalue weighted by molar-refractivity contribution is 5.79. The summed E-state index contributed by atoms with van der Waals surface area (Å²) in [6.07, 6.45) is 2.71. The number of likely N-dealkylation sites (tertiary alicyclic amines) is 1. The number of rotatable bonds is 3. The maximum absolute atomic E-state index is 12.3. The van der Waals surface area contributed by atoms with Gasteiger partial charge in [-0.25, -0.2) is 0 Å². The Hall–Kier alpha value is -1.35. The SMILES string of the molecule is CC1(C)CCCN1C(=O)Cc1ccc(CN)cc1. The fraction of sp³-hybridized carbons (Fsp3) is 0.533. The van der Waals surface area contributed by atoms with Crippen LogP contribution in [0.4, 0.5) is 0 Å². The summed E-state index contributed by atoms with van der Waals surface area (Å²) in [5.74, 6) is 0.234. The number of carbonyl (C=O) groups is 1. The molecule has 1 fully saturated rings. The van der Waals surface area contributed by atoms with Gasteiger partial charge in [-0.15, -0.1) is 0 Å². The maximum Gasteiger partial charge on any atom is 0.227 e. The number of hydrogen-bond donors (Lipinski definition) is 1. The van der Waals surface area contributed by atoms with Crippen LogP contribution in [0.15, 0.2) is 24.3 Å². The van der Waals surface area contributed by atoms with Gasteiger partial charge in [-0.05, 0) is 37.8 Å². The zero-order chi connectivity index (χ0) is 13.2. The Bertz CT molecular complexity index is 423. The largest absolute Gasteiger partial charge is 0.337 e. The second-order valence-electron chi connectivity index (χ2n) is 5.66. The highest BCUT2D eigenvalue weighted by atomic mass is 16.2. The Labute approximate surface area is 109 Å². The standard InChI is InChI=1S/C15H22N2O/c1-15(2)8-3-9-17(15)14(18)10-12-4-6-13(11-16)7-5-12/h4-7H,3,8-11,16H2,1-2H3. The second kappa shape index (κ2) is 5.11. The average molecular weight is 246 g/mol. The number of benzene rings is 1. The molecule has 1 aromatic rings. The van der Waals surface area contributed by atoms with Crippen LogP contribution in [0.5, 0.6) is 0 Å². The molecule has 0 aromatic heterocycles. The van der Waals surface area contributed by atoms with E-state index in [1.807, 2.05) is 29.2 Å². The first kappa shape index (κ1) is 13.1. The molecule has 0 aliphatic carbocycles. The van der Waals surface area contributed by atoms with Crippen molar-refractivity contribution in [3.05, 3.63) is 35.4 Å². The van der Waals surface area contributed by atoms with E-state index in [9.17, 15) is 4.79 Å². The second-order valence-corrected chi connectivity index (χ2v) is 5.66. The van der Waals surface area contributed by atoms with Gasteiger partial charge < -0.3 is 10.6 Å². The summed E-state index contributed by atoms with van der Waals surface area (Å²) in [5, 5.41) is 0. The number of hydrogen-bond acceptors (Lipinski definition) is 2. The summed E-state index contributed by atoms with van der Waals surface area (Å²) >= 11 is 0. The van der Waals surface area contributed by atoms with Gasteiger partial charge in [0.1, 0.15) is 0 Å². The summed E-state index contributed by atoms with van der Waals surface area (Å²) < 4.78 is 0. The molecule has 1 saturated heterocycles. The van der Waals surface area contributed by atoms with E-state index in [1.165, 1.54) is 0 Å². The van der Waals surface area contributed by atoms with Crippen LogP contribution < -0.4 is 5.73 Å². The number of nitrogens with zero attached hydrogens (tertiary/aromatic N) is 1. The third-order valence-electron chi connectivity index (χ3n) is 3.82. The Balaban J connectivity index is 2.02. The van der Waals surface area contributed by atoms with Crippen molar-refractivity contribution in [1.82, 2.24) is 4.90 Å². The smallest absolute Gasteiger partial charge is 0.227 e. The van der Waals surface area contributed by atoms with Crippen LogP contribution in [-0.2, 0) is 17.8 Å². The van der Waals surface area contributed by atoms with Crippen LogP contribution in [-0.4, -0.2) is 22.9 Å². The van der Waals surface area contributed by atoms with E-state index in [0.29, 0.717) is 13.0 Å². The van der Waals surface area contributed by atoms with Crippen LogP contribution in [0.25, 0.3) is 0 Å². The average Bonchev–Trinajstić information content (AvgIpc) is 2.70. The number of nitrogens with two attached hydrogens (primary N) is 1. The Morgan fingerprint density at radius 1 is 1.28 bits per heavy atom. The van der Waals surface area contributed by atoms with E-state index in [2.05, 4.69) is 13.8 Å². The molecule has 1 aromatic carbocycles. The first-order valence-electron chi connectivity index (χ1n) is 6.61. The molecule has 1 heterocycles. The first-order chi connectivity index (χ1) is 8.53. The van der Waals surface area contributed by atoms with Crippen LogP contribution in [0.1, 0.15) is 37.8 Å². The normalized spacial score (nSPS) is 18.1.